The number of benzene rings is 2. The first kappa shape index (κ1) is 26.8. The molecule has 1 saturated heterocycles. The third-order valence-corrected chi connectivity index (χ3v) is 6.84. The van der Waals surface area contributed by atoms with Crippen molar-refractivity contribution in [3.05, 3.63) is 48.0 Å². The van der Waals surface area contributed by atoms with Gasteiger partial charge in [-0.05, 0) is 30.3 Å². The number of nitrogens with zero attached hydrogens (tertiary/aromatic N) is 3. The fourth-order valence-electron chi connectivity index (χ4n) is 3.99. The molecule has 186 valence electrons. The number of aliphatic hydroxyl groups excluding tert-OH is 1. The number of halogens is 4. The van der Waals surface area contributed by atoms with Gasteiger partial charge in [-0.15, -0.1) is 12.4 Å². The maximum Gasteiger partial charge on any atom is 0.416 e. The van der Waals surface area contributed by atoms with Gasteiger partial charge in [-0.25, -0.2) is 0 Å². The van der Waals surface area contributed by atoms with Crippen LogP contribution in [0.2, 0.25) is 0 Å². The van der Waals surface area contributed by atoms with Crippen LogP contribution in [0.5, 0.6) is 0 Å². The summed E-state index contributed by atoms with van der Waals surface area (Å²) >= 11 is 1.37. The molecule has 1 N–H and O–H groups in total. The number of ether oxygens (including phenoxy) is 1. The summed E-state index contributed by atoms with van der Waals surface area (Å²) in [5.74, 6) is -0.247. The standard InChI is InChI=1S/C23H26F3N3O3S.ClH/c24-23(25,26)17-5-6-21-19(15-17)29(18-3-1-2-4-20(18)33-21)22(31)16-28-9-7-27(8-10-28)11-13-32-14-12-30;/h1-6,15,30H,7-14,16H2;1H. The van der Waals surface area contributed by atoms with E-state index in [0.717, 1.165) is 36.7 Å². The summed E-state index contributed by atoms with van der Waals surface area (Å²) in [5, 5.41) is 8.77. The molecule has 2 aromatic rings. The highest BCUT2D eigenvalue weighted by molar-refractivity contribution is 7.99. The van der Waals surface area contributed by atoms with Crippen molar-refractivity contribution in [2.75, 3.05) is 64.0 Å². The summed E-state index contributed by atoms with van der Waals surface area (Å²) in [6.07, 6.45) is -4.48. The number of para-hydroxylation sites is 1. The summed E-state index contributed by atoms with van der Waals surface area (Å²) in [6.45, 7) is 4.67. The topological polar surface area (TPSA) is 56.3 Å². The van der Waals surface area contributed by atoms with Crippen LogP contribution in [0.4, 0.5) is 24.5 Å². The summed E-state index contributed by atoms with van der Waals surface area (Å²) in [6, 6.07) is 10.9. The van der Waals surface area contributed by atoms with E-state index in [1.54, 1.807) is 12.1 Å². The molecular weight excluding hydrogens is 491 g/mol. The Bertz CT molecular complexity index is 987. The van der Waals surface area contributed by atoms with Gasteiger partial charge in [0.1, 0.15) is 0 Å². The molecule has 0 atom stereocenters. The SMILES string of the molecule is Cl.O=C(CN1CCN(CCOCCO)CC1)N1c2ccccc2Sc2ccc(C(F)(F)F)cc21. The summed E-state index contributed by atoms with van der Waals surface area (Å²) in [4.78, 5) is 20.6. The van der Waals surface area contributed by atoms with Gasteiger partial charge in [-0.3, -0.25) is 19.5 Å². The molecule has 34 heavy (non-hydrogen) atoms. The van der Waals surface area contributed by atoms with Gasteiger partial charge in [-0.1, -0.05) is 23.9 Å². The second-order valence-corrected chi connectivity index (χ2v) is 9.02. The van der Waals surface area contributed by atoms with E-state index in [-0.39, 0.29) is 37.2 Å². The normalized spacial score (nSPS) is 16.5. The van der Waals surface area contributed by atoms with Crippen molar-refractivity contribution in [3.63, 3.8) is 0 Å². The van der Waals surface area contributed by atoms with E-state index in [1.165, 1.54) is 22.7 Å². The zero-order valence-electron chi connectivity index (χ0n) is 18.5. The van der Waals surface area contributed by atoms with E-state index < -0.39 is 11.7 Å². The average molecular weight is 518 g/mol. The van der Waals surface area contributed by atoms with Gasteiger partial charge in [0.15, 0.2) is 0 Å². The van der Waals surface area contributed by atoms with E-state index in [4.69, 9.17) is 9.84 Å². The first-order valence-electron chi connectivity index (χ1n) is 10.8. The van der Waals surface area contributed by atoms with Crippen molar-refractivity contribution in [3.8, 4) is 0 Å². The Morgan fingerprint density at radius 3 is 2.35 bits per heavy atom. The van der Waals surface area contributed by atoms with Crippen molar-refractivity contribution < 1.29 is 27.8 Å². The molecule has 1 amide bonds. The monoisotopic (exact) mass is 517 g/mol. The van der Waals surface area contributed by atoms with Gasteiger partial charge in [-0.2, -0.15) is 13.2 Å². The van der Waals surface area contributed by atoms with Crippen molar-refractivity contribution in [2.24, 2.45) is 0 Å². The molecule has 4 rings (SSSR count). The Kier molecular flexibility index (Phi) is 9.25. The average Bonchev–Trinajstić information content (AvgIpc) is 2.80. The molecule has 0 bridgehead atoms. The number of carbonyl (C=O) groups excluding carboxylic acids is 1. The van der Waals surface area contributed by atoms with Crippen LogP contribution in [0, 0.1) is 0 Å². The third kappa shape index (κ3) is 6.24. The lowest BCUT2D eigenvalue weighted by Crippen LogP contribution is -2.50. The molecule has 0 aromatic heterocycles. The van der Waals surface area contributed by atoms with Crippen LogP contribution in [-0.4, -0.2) is 79.9 Å². The predicted molar refractivity (Wildman–Crippen MR) is 127 cm³/mol. The van der Waals surface area contributed by atoms with Gasteiger partial charge in [0.25, 0.3) is 0 Å². The maximum atomic E-state index is 13.4. The van der Waals surface area contributed by atoms with Crippen molar-refractivity contribution >= 4 is 41.5 Å². The van der Waals surface area contributed by atoms with Crippen LogP contribution in [-0.2, 0) is 15.7 Å². The first-order valence-corrected chi connectivity index (χ1v) is 11.6. The molecular formula is C23H27ClF3N3O3S. The number of fused-ring (bicyclic) bond motifs is 2. The van der Waals surface area contributed by atoms with Gasteiger partial charge in [0.2, 0.25) is 5.91 Å². The lowest BCUT2D eigenvalue weighted by Gasteiger charge is -2.36. The Morgan fingerprint density at radius 1 is 0.971 bits per heavy atom. The maximum absolute atomic E-state index is 13.4. The van der Waals surface area contributed by atoms with Crippen LogP contribution < -0.4 is 4.90 Å². The molecule has 2 aliphatic heterocycles. The lowest BCUT2D eigenvalue weighted by molar-refractivity contribution is -0.137. The highest BCUT2D eigenvalue weighted by Crippen LogP contribution is 2.49. The van der Waals surface area contributed by atoms with Crippen molar-refractivity contribution in [1.29, 1.82) is 0 Å². The van der Waals surface area contributed by atoms with E-state index in [9.17, 15) is 18.0 Å². The number of hydrogen-bond donors (Lipinski definition) is 1. The number of amides is 1. The number of piperazine rings is 1. The quantitative estimate of drug-likeness (QED) is 0.563. The van der Waals surface area contributed by atoms with E-state index in [2.05, 4.69) is 4.90 Å². The molecule has 2 aliphatic rings. The molecule has 2 aromatic carbocycles. The summed E-state index contributed by atoms with van der Waals surface area (Å²) in [5.41, 5.74) is 0.119. The number of alkyl halides is 3. The molecule has 0 radical (unpaired) electrons. The second-order valence-electron chi connectivity index (χ2n) is 7.93. The zero-order chi connectivity index (χ0) is 23.4. The first-order chi connectivity index (χ1) is 15.9. The fourth-order valence-corrected chi connectivity index (χ4v) is 5.03. The van der Waals surface area contributed by atoms with E-state index in [0.29, 0.717) is 36.9 Å². The largest absolute Gasteiger partial charge is 0.416 e. The summed E-state index contributed by atoms with van der Waals surface area (Å²) < 4.78 is 45.4. The van der Waals surface area contributed by atoms with Crippen LogP contribution in [0.25, 0.3) is 0 Å². The highest BCUT2D eigenvalue weighted by atomic mass is 35.5. The predicted octanol–water partition coefficient (Wildman–Crippen LogP) is 3.88. The van der Waals surface area contributed by atoms with Gasteiger partial charge in [0.05, 0.1) is 43.3 Å². The highest BCUT2D eigenvalue weighted by Gasteiger charge is 2.35. The Hall–Kier alpha value is -1.82. The number of carbonyl (C=O) groups is 1. The van der Waals surface area contributed by atoms with Crippen molar-refractivity contribution in [1.82, 2.24) is 9.80 Å². The summed E-state index contributed by atoms with van der Waals surface area (Å²) in [7, 11) is 0. The third-order valence-electron chi connectivity index (χ3n) is 5.71. The van der Waals surface area contributed by atoms with Crippen LogP contribution in [0.1, 0.15) is 5.56 Å². The molecule has 11 heteroatoms. The smallest absolute Gasteiger partial charge is 0.394 e. The van der Waals surface area contributed by atoms with Gasteiger partial charge < -0.3 is 9.84 Å². The minimum atomic E-state index is -4.48. The molecule has 6 nitrogen and oxygen atoms in total. The molecule has 0 spiro atoms. The lowest BCUT2D eigenvalue weighted by atomic mass is 10.1. The van der Waals surface area contributed by atoms with Crippen LogP contribution >= 0.6 is 24.2 Å². The molecule has 0 aliphatic carbocycles. The minimum absolute atomic E-state index is 0. The molecule has 2 heterocycles. The minimum Gasteiger partial charge on any atom is -0.394 e. The van der Waals surface area contributed by atoms with E-state index in [1.807, 2.05) is 17.0 Å². The second kappa shape index (κ2) is 11.7. The Balaban J connectivity index is 0.00000324. The molecule has 0 saturated carbocycles. The van der Waals surface area contributed by atoms with Gasteiger partial charge >= 0.3 is 6.18 Å². The van der Waals surface area contributed by atoms with Crippen molar-refractivity contribution in [2.45, 2.75) is 16.0 Å². The van der Waals surface area contributed by atoms with E-state index >= 15 is 0 Å². The number of aliphatic hydroxyl groups is 1. The number of hydrogen-bond acceptors (Lipinski definition) is 6. The zero-order valence-corrected chi connectivity index (χ0v) is 20.1. The molecule has 0 unspecified atom stereocenters. The molecule has 1 fully saturated rings. The number of rotatable bonds is 7. The Morgan fingerprint density at radius 2 is 1.65 bits per heavy atom. The Labute approximate surface area is 207 Å². The van der Waals surface area contributed by atoms with Crippen LogP contribution in [0.3, 0.4) is 0 Å². The van der Waals surface area contributed by atoms with Gasteiger partial charge in [0, 0.05) is 42.5 Å². The van der Waals surface area contributed by atoms with Crippen LogP contribution in [0.15, 0.2) is 52.3 Å². The fraction of sp³-hybridized carbons (Fsp3) is 0.435. The number of anilines is 2.